The molecule has 35 heavy (non-hydrogen) atoms. The highest BCUT2D eigenvalue weighted by atomic mass is 35.5. The van der Waals surface area contributed by atoms with Gasteiger partial charge in [-0.15, -0.1) is 10.2 Å². The number of benzene rings is 3. The van der Waals surface area contributed by atoms with Crippen molar-refractivity contribution in [1.82, 2.24) is 35.2 Å². The molecule has 0 amide bonds. The highest BCUT2D eigenvalue weighted by molar-refractivity contribution is 6.30. The van der Waals surface area contributed by atoms with E-state index in [2.05, 4.69) is 37.8 Å². The Hall–Kier alpha value is -4.30. The number of halogens is 1. The van der Waals surface area contributed by atoms with Gasteiger partial charge < -0.3 is 10.3 Å². The van der Waals surface area contributed by atoms with Gasteiger partial charge in [0.05, 0.1) is 12.4 Å². The van der Waals surface area contributed by atoms with Gasteiger partial charge in [0.15, 0.2) is 0 Å². The average molecular weight is 481 g/mol. The Balaban J connectivity index is 1.54. The minimum absolute atomic E-state index is 0.563. The number of anilines is 2. The van der Waals surface area contributed by atoms with Crippen molar-refractivity contribution in [2.24, 2.45) is 7.05 Å². The topological polar surface area (TPSA) is 97.2 Å². The molecule has 172 valence electrons. The molecule has 6 aromatic rings. The number of nitrogens with one attached hydrogen (secondary N) is 2. The molecule has 3 aromatic heterocycles. The fourth-order valence-corrected chi connectivity index (χ4v) is 4.45. The molecule has 0 atom stereocenters. The lowest BCUT2D eigenvalue weighted by atomic mass is 10.1. The van der Waals surface area contributed by atoms with E-state index < -0.39 is 0 Å². The van der Waals surface area contributed by atoms with Crippen molar-refractivity contribution in [2.45, 2.75) is 13.3 Å². The standard InChI is InChI=1S/C26H21ClN8/c1-15-12-18(27)9-11-20(15)28-25-23-19-14-17(24-32-34-35(2)33-24)8-10-21(19)29-26(23)31-22(30-25)13-16-6-4-3-5-7-16/h3-12,14H,13H2,1-2H3,(H2,28,29,30,31). The molecule has 6 rings (SSSR count). The summed E-state index contributed by atoms with van der Waals surface area (Å²) in [6.07, 6.45) is 0.620. The Morgan fingerprint density at radius 1 is 1.00 bits per heavy atom. The highest BCUT2D eigenvalue weighted by Gasteiger charge is 2.17. The first-order valence-electron chi connectivity index (χ1n) is 11.2. The predicted octanol–water partition coefficient (Wildman–Crippen LogP) is 5.60. The minimum atomic E-state index is 0.563. The van der Waals surface area contributed by atoms with Crippen LogP contribution in [0.15, 0.2) is 66.7 Å². The zero-order valence-electron chi connectivity index (χ0n) is 19.1. The Kier molecular flexibility index (Phi) is 5.15. The molecule has 2 N–H and O–H groups in total. The van der Waals surface area contributed by atoms with Crippen molar-refractivity contribution in [2.75, 3.05) is 5.32 Å². The number of nitrogens with zero attached hydrogens (tertiary/aromatic N) is 6. The zero-order chi connectivity index (χ0) is 23.9. The van der Waals surface area contributed by atoms with Crippen molar-refractivity contribution in [3.05, 3.63) is 88.7 Å². The van der Waals surface area contributed by atoms with Crippen molar-refractivity contribution < 1.29 is 0 Å². The molecule has 0 aliphatic heterocycles. The Morgan fingerprint density at radius 3 is 2.63 bits per heavy atom. The molecule has 0 aliphatic carbocycles. The summed E-state index contributed by atoms with van der Waals surface area (Å²) >= 11 is 6.19. The predicted molar refractivity (Wildman–Crippen MR) is 138 cm³/mol. The highest BCUT2D eigenvalue weighted by Crippen LogP contribution is 2.34. The molecule has 0 fully saturated rings. The molecule has 3 aromatic carbocycles. The summed E-state index contributed by atoms with van der Waals surface area (Å²) in [5, 5.41) is 18.6. The first-order valence-corrected chi connectivity index (χ1v) is 11.5. The maximum Gasteiger partial charge on any atom is 0.204 e. The van der Waals surface area contributed by atoms with Crippen LogP contribution in [0, 0.1) is 6.92 Å². The number of H-pyrrole nitrogens is 1. The van der Waals surface area contributed by atoms with Crippen molar-refractivity contribution in [3.63, 3.8) is 0 Å². The van der Waals surface area contributed by atoms with Gasteiger partial charge in [0.2, 0.25) is 5.82 Å². The smallest absolute Gasteiger partial charge is 0.204 e. The maximum absolute atomic E-state index is 6.19. The normalized spacial score (nSPS) is 11.4. The third-order valence-electron chi connectivity index (χ3n) is 5.91. The first kappa shape index (κ1) is 21.2. The molecular weight excluding hydrogens is 460 g/mol. The molecular formula is C26H21ClN8. The molecule has 9 heteroatoms. The number of aryl methyl sites for hydroxylation is 2. The van der Waals surface area contributed by atoms with Gasteiger partial charge in [0, 0.05) is 33.6 Å². The number of hydrogen-bond donors (Lipinski definition) is 2. The van der Waals surface area contributed by atoms with Gasteiger partial charge >= 0.3 is 0 Å². The fraction of sp³-hybridized carbons (Fsp3) is 0.115. The van der Waals surface area contributed by atoms with Crippen LogP contribution in [0.4, 0.5) is 11.5 Å². The zero-order valence-corrected chi connectivity index (χ0v) is 19.9. The molecule has 0 spiro atoms. The van der Waals surface area contributed by atoms with Crippen LogP contribution in [0.2, 0.25) is 5.02 Å². The van der Waals surface area contributed by atoms with Crippen LogP contribution in [0.25, 0.3) is 33.3 Å². The van der Waals surface area contributed by atoms with E-state index in [9.17, 15) is 0 Å². The summed E-state index contributed by atoms with van der Waals surface area (Å²) in [6.45, 7) is 2.02. The molecule has 0 bridgehead atoms. The lowest BCUT2D eigenvalue weighted by Crippen LogP contribution is -2.03. The lowest BCUT2D eigenvalue weighted by Gasteiger charge is -2.12. The van der Waals surface area contributed by atoms with Gasteiger partial charge in [-0.25, -0.2) is 9.97 Å². The molecule has 0 saturated carbocycles. The SMILES string of the molecule is Cc1cc(Cl)ccc1Nc1nc(Cc2ccccc2)nc2[nH]c3ccc(-c4nnn(C)n4)cc3c12. The van der Waals surface area contributed by atoms with Gasteiger partial charge in [-0.1, -0.05) is 41.9 Å². The third-order valence-corrected chi connectivity index (χ3v) is 6.15. The Morgan fingerprint density at radius 2 is 1.86 bits per heavy atom. The Bertz CT molecular complexity index is 1690. The van der Waals surface area contributed by atoms with E-state index in [1.165, 1.54) is 4.80 Å². The van der Waals surface area contributed by atoms with Crippen molar-refractivity contribution >= 4 is 45.0 Å². The van der Waals surface area contributed by atoms with Gasteiger partial charge in [-0.05, 0) is 59.7 Å². The Labute approximate surface area is 206 Å². The number of hydrogen-bond acceptors (Lipinski definition) is 6. The first-order chi connectivity index (χ1) is 17.0. The van der Waals surface area contributed by atoms with E-state index >= 15 is 0 Å². The molecule has 0 radical (unpaired) electrons. The third kappa shape index (κ3) is 4.08. The van der Waals surface area contributed by atoms with Gasteiger partial charge in [0.1, 0.15) is 17.3 Å². The van der Waals surface area contributed by atoms with E-state index in [1.54, 1.807) is 7.05 Å². The summed E-state index contributed by atoms with van der Waals surface area (Å²) in [5.74, 6) is 2.01. The molecule has 0 unspecified atom stereocenters. The largest absolute Gasteiger partial charge is 0.339 e. The van der Waals surface area contributed by atoms with Crippen LogP contribution in [0.3, 0.4) is 0 Å². The van der Waals surface area contributed by atoms with E-state index in [-0.39, 0.29) is 0 Å². The second kappa shape index (κ2) is 8.48. The molecule has 0 aliphatic rings. The maximum atomic E-state index is 6.19. The molecule has 3 heterocycles. The van der Waals surface area contributed by atoms with E-state index in [0.29, 0.717) is 17.3 Å². The fourth-order valence-electron chi connectivity index (χ4n) is 4.22. The number of tetrazole rings is 1. The lowest BCUT2D eigenvalue weighted by molar-refractivity contribution is 0.630. The van der Waals surface area contributed by atoms with Crippen molar-refractivity contribution in [3.8, 4) is 11.4 Å². The van der Waals surface area contributed by atoms with Gasteiger partial charge in [-0.2, -0.15) is 4.80 Å². The van der Waals surface area contributed by atoms with Gasteiger partial charge in [-0.3, -0.25) is 0 Å². The number of rotatable bonds is 5. The molecule has 0 saturated heterocycles. The van der Waals surface area contributed by atoms with Gasteiger partial charge in [0.25, 0.3) is 0 Å². The summed E-state index contributed by atoms with van der Waals surface area (Å²) < 4.78 is 0. The van der Waals surface area contributed by atoms with Crippen LogP contribution in [0.5, 0.6) is 0 Å². The number of aromatic nitrogens is 7. The van der Waals surface area contributed by atoms with E-state index in [1.807, 2.05) is 61.5 Å². The van der Waals surface area contributed by atoms with Crippen LogP contribution in [0.1, 0.15) is 17.0 Å². The quantitative estimate of drug-likeness (QED) is 0.333. The summed E-state index contributed by atoms with van der Waals surface area (Å²) in [5.41, 5.74) is 5.69. The number of aromatic amines is 1. The van der Waals surface area contributed by atoms with E-state index in [4.69, 9.17) is 21.6 Å². The van der Waals surface area contributed by atoms with Crippen LogP contribution >= 0.6 is 11.6 Å². The number of fused-ring (bicyclic) bond motifs is 3. The van der Waals surface area contributed by atoms with Crippen LogP contribution < -0.4 is 5.32 Å². The second-order valence-corrected chi connectivity index (χ2v) is 8.88. The van der Waals surface area contributed by atoms with Crippen LogP contribution in [-0.2, 0) is 13.5 Å². The minimum Gasteiger partial charge on any atom is -0.339 e. The average Bonchev–Trinajstić information content (AvgIpc) is 3.44. The summed E-state index contributed by atoms with van der Waals surface area (Å²) in [4.78, 5) is 14.8. The second-order valence-electron chi connectivity index (χ2n) is 8.45. The molecule has 8 nitrogen and oxygen atoms in total. The monoisotopic (exact) mass is 480 g/mol. The summed E-state index contributed by atoms with van der Waals surface area (Å²) in [7, 11) is 1.75. The van der Waals surface area contributed by atoms with Crippen LogP contribution in [-0.4, -0.2) is 35.2 Å². The summed E-state index contributed by atoms with van der Waals surface area (Å²) in [6, 6.07) is 22.0. The van der Waals surface area contributed by atoms with Crippen molar-refractivity contribution in [1.29, 1.82) is 0 Å². The van der Waals surface area contributed by atoms with E-state index in [0.717, 1.165) is 56.0 Å².